The van der Waals surface area contributed by atoms with Gasteiger partial charge in [0.25, 0.3) is 0 Å². The standard InChI is InChI=1S/C12H21N5O/c1-8-10(13)3-2-5-17(8)12-14-11(15-16-12)9-4-6-18-7-9/h8-10H,2-7,13H2,1H3,(H,14,15,16). The van der Waals surface area contributed by atoms with Gasteiger partial charge in [-0.1, -0.05) is 0 Å². The number of nitrogens with one attached hydrogen (secondary N) is 1. The number of rotatable bonds is 2. The molecule has 6 heteroatoms. The summed E-state index contributed by atoms with van der Waals surface area (Å²) in [6.45, 7) is 4.72. The van der Waals surface area contributed by atoms with Gasteiger partial charge in [0.2, 0.25) is 5.95 Å². The van der Waals surface area contributed by atoms with Crippen LogP contribution >= 0.6 is 0 Å². The summed E-state index contributed by atoms with van der Waals surface area (Å²) in [5.41, 5.74) is 6.11. The Kier molecular flexibility index (Phi) is 3.22. The number of ether oxygens (including phenoxy) is 1. The number of anilines is 1. The summed E-state index contributed by atoms with van der Waals surface area (Å²) in [4.78, 5) is 6.84. The molecular formula is C12H21N5O. The average molecular weight is 251 g/mol. The predicted molar refractivity (Wildman–Crippen MR) is 68.6 cm³/mol. The van der Waals surface area contributed by atoms with Gasteiger partial charge in [0.15, 0.2) is 0 Å². The van der Waals surface area contributed by atoms with Crippen molar-refractivity contribution < 1.29 is 4.74 Å². The van der Waals surface area contributed by atoms with Gasteiger partial charge in [0.05, 0.1) is 6.61 Å². The summed E-state index contributed by atoms with van der Waals surface area (Å²) in [6.07, 6.45) is 3.23. The van der Waals surface area contributed by atoms with Crippen LogP contribution in [-0.2, 0) is 4.74 Å². The fraction of sp³-hybridized carbons (Fsp3) is 0.833. The fourth-order valence-electron chi connectivity index (χ4n) is 2.78. The minimum atomic E-state index is 0.218. The quantitative estimate of drug-likeness (QED) is 0.805. The van der Waals surface area contributed by atoms with Gasteiger partial charge in [-0.15, -0.1) is 5.10 Å². The Morgan fingerprint density at radius 1 is 1.44 bits per heavy atom. The molecule has 100 valence electrons. The van der Waals surface area contributed by atoms with E-state index in [4.69, 9.17) is 10.5 Å². The Bertz CT molecular complexity index is 401. The van der Waals surface area contributed by atoms with E-state index in [1.807, 2.05) is 0 Å². The molecule has 3 N–H and O–H groups in total. The van der Waals surface area contributed by atoms with E-state index in [1.54, 1.807) is 0 Å². The minimum absolute atomic E-state index is 0.218. The number of H-pyrrole nitrogens is 1. The Morgan fingerprint density at radius 2 is 2.33 bits per heavy atom. The molecule has 0 bridgehead atoms. The van der Waals surface area contributed by atoms with E-state index < -0.39 is 0 Å². The van der Waals surface area contributed by atoms with Gasteiger partial charge in [-0.2, -0.15) is 4.98 Å². The molecule has 0 aliphatic carbocycles. The largest absolute Gasteiger partial charge is 0.381 e. The van der Waals surface area contributed by atoms with Gasteiger partial charge < -0.3 is 15.4 Å². The number of hydrogen-bond acceptors (Lipinski definition) is 5. The zero-order chi connectivity index (χ0) is 12.5. The van der Waals surface area contributed by atoms with Gasteiger partial charge in [-0.3, -0.25) is 5.10 Å². The number of nitrogens with two attached hydrogens (primary N) is 1. The van der Waals surface area contributed by atoms with Crippen molar-refractivity contribution >= 4 is 5.95 Å². The summed E-state index contributed by atoms with van der Waals surface area (Å²) in [5, 5.41) is 7.40. The van der Waals surface area contributed by atoms with Crippen molar-refractivity contribution in [3.63, 3.8) is 0 Å². The lowest BCUT2D eigenvalue weighted by atomic mass is 9.99. The topological polar surface area (TPSA) is 80.1 Å². The Labute approximate surface area is 107 Å². The lowest BCUT2D eigenvalue weighted by molar-refractivity contribution is 0.193. The molecule has 2 aliphatic rings. The molecule has 2 fully saturated rings. The van der Waals surface area contributed by atoms with E-state index in [0.717, 1.165) is 50.8 Å². The highest BCUT2D eigenvalue weighted by molar-refractivity contribution is 5.32. The SMILES string of the molecule is CC1C(N)CCCN1c1n[nH]c(C2CCOC2)n1. The summed E-state index contributed by atoms with van der Waals surface area (Å²) in [7, 11) is 0. The number of piperidine rings is 1. The number of aromatic nitrogens is 3. The van der Waals surface area contributed by atoms with Crippen molar-refractivity contribution in [2.45, 2.75) is 44.2 Å². The zero-order valence-corrected chi connectivity index (χ0v) is 10.8. The molecular weight excluding hydrogens is 230 g/mol. The molecule has 0 radical (unpaired) electrons. The fourth-order valence-corrected chi connectivity index (χ4v) is 2.78. The Balaban J connectivity index is 1.75. The first kappa shape index (κ1) is 11.9. The third-order valence-electron chi connectivity index (χ3n) is 4.11. The highest BCUT2D eigenvalue weighted by Crippen LogP contribution is 2.25. The van der Waals surface area contributed by atoms with Crippen LogP contribution in [0.1, 0.15) is 37.9 Å². The van der Waals surface area contributed by atoms with Crippen LogP contribution in [0.15, 0.2) is 0 Å². The molecule has 3 heterocycles. The molecule has 1 aromatic rings. The zero-order valence-electron chi connectivity index (χ0n) is 10.8. The third-order valence-corrected chi connectivity index (χ3v) is 4.11. The molecule has 0 amide bonds. The van der Waals surface area contributed by atoms with Crippen LogP contribution in [0.2, 0.25) is 0 Å². The van der Waals surface area contributed by atoms with Gasteiger partial charge in [0.1, 0.15) is 5.82 Å². The molecule has 3 rings (SSSR count). The van der Waals surface area contributed by atoms with Crippen LogP contribution in [0, 0.1) is 0 Å². The Morgan fingerprint density at radius 3 is 3.11 bits per heavy atom. The smallest absolute Gasteiger partial charge is 0.245 e. The molecule has 3 atom stereocenters. The maximum absolute atomic E-state index is 6.11. The maximum Gasteiger partial charge on any atom is 0.245 e. The van der Waals surface area contributed by atoms with E-state index in [9.17, 15) is 0 Å². The van der Waals surface area contributed by atoms with Gasteiger partial charge >= 0.3 is 0 Å². The molecule has 0 aromatic carbocycles. The molecule has 1 aromatic heterocycles. The minimum Gasteiger partial charge on any atom is -0.381 e. The molecule has 2 saturated heterocycles. The molecule has 0 saturated carbocycles. The maximum atomic E-state index is 6.11. The second-order valence-corrected chi connectivity index (χ2v) is 5.32. The van der Waals surface area contributed by atoms with E-state index in [1.165, 1.54) is 0 Å². The van der Waals surface area contributed by atoms with Crippen LogP contribution in [0.25, 0.3) is 0 Å². The highest BCUT2D eigenvalue weighted by Gasteiger charge is 2.29. The lowest BCUT2D eigenvalue weighted by Gasteiger charge is -2.36. The second-order valence-electron chi connectivity index (χ2n) is 5.32. The highest BCUT2D eigenvalue weighted by atomic mass is 16.5. The summed E-state index contributed by atoms with van der Waals surface area (Å²) >= 11 is 0. The van der Waals surface area contributed by atoms with Crippen LogP contribution < -0.4 is 10.6 Å². The van der Waals surface area contributed by atoms with Crippen LogP contribution in [0.5, 0.6) is 0 Å². The number of aromatic amines is 1. The van der Waals surface area contributed by atoms with Gasteiger partial charge in [0, 0.05) is 31.2 Å². The van der Waals surface area contributed by atoms with Crippen molar-refractivity contribution in [1.82, 2.24) is 15.2 Å². The van der Waals surface area contributed by atoms with E-state index >= 15 is 0 Å². The summed E-state index contributed by atoms with van der Waals surface area (Å²) < 4.78 is 5.38. The van der Waals surface area contributed by atoms with Crippen molar-refractivity contribution in [3.8, 4) is 0 Å². The molecule has 0 spiro atoms. The van der Waals surface area contributed by atoms with E-state index in [2.05, 4.69) is 27.0 Å². The van der Waals surface area contributed by atoms with Crippen LogP contribution in [0.4, 0.5) is 5.95 Å². The first-order chi connectivity index (χ1) is 8.75. The normalized spacial score (nSPS) is 33.0. The van der Waals surface area contributed by atoms with E-state index in [-0.39, 0.29) is 6.04 Å². The molecule has 18 heavy (non-hydrogen) atoms. The lowest BCUT2D eigenvalue weighted by Crippen LogP contribution is -2.51. The van der Waals surface area contributed by atoms with Crippen molar-refractivity contribution in [2.75, 3.05) is 24.7 Å². The summed E-state index contributed by atoms with van der Waals surface area (Å²) in [5.74, 6) is 2.12. The molecule has 2 aliphatic heterocycles. The van der Waals surface area contributed by atoms with Gasteiger partial charge in [-0.25, -0.2) is 0 Å². The first-order valence-corrected chi connectivity index (χ1v) is 6.78. The van der Waals surface area contributed by atoms with Crippen LogP contribution in [0.3, 0.4) is 0 Å². The number of hydrogen-bond donors (Lipinski definition) is 2. The monoisotopic (exact) mass is 251 g/mol. The van der Waals surface area contributed by atoms with Crippen molar-refractivity contribution in [1.29, 1.82) is 0 Å². The predicted octanol–water partition coefficient (Wildman–Crippen LogP) is 0.625. The van der Waals surface area contributed by atoms with Crippen LogP contribution in [-0.4, -0.2) is 47.0 Å². The van der Waals surface area contributed by atoms with Gasteiger partial charge in [-0.05, 0) is 26.2 Å². The van der Waals surface area contributed by atoms with Crippen molar-refractivity contribution in [3.05, 3.63) is 5.82 Å². The molecule has 6 nitrogen and oxygen atoms in total. The number of nitrogens with zero attached hydrogens (tertiary/aromatic N) is 3. The second kappa shape index (κ2) is 4.85. The average Bonchev–Trinajstić information content (AvgIpc) is 3.01. The third kappa shape index (κ3) is 2.10. The van der Waals surface area contributed by atoms with Crippen molar-refractivity contribution in [2.24, 2.45) is 5.73 Å². The van der Waals surface area contributed by atoms with E-state index in [0.29, 0.717) is 12.0 Å². The summed E-state index contributed by atoms with van der Waals surface area (Å²) in [6, 6.07) is 0.526. The molecule has 3 unspecified atom stereocenters. The Hall–Kier alpha value is -1.14. The first-order valence-electron chi connectivity index (χ1n) is 6.78.